The first-order valence-electron chi connectivity index (χ1n) is 16.9. The van der Waals surface area contributed by atoms with E-state index in [4.69, 9.17) is 35.0 Å². The fourth-order valence-corrected chi connectivity index (χ4v) is 4.45. The van der Waals surface area contributed by atoms with Crippen molar-refractivity contribution in [1.82, 2.24) is 0 Å². The van der Waals surface area contributed by atoms with E-state index in [9.17, 15) is 33.9 Å². The number of hydrogen-bond donors (Lipinski definition) is 6. The highest BCUT2D eigenvalue weighted by atomic mass is 16.6. The van der Waals surface area contributed by atoms with Gasteiger partial charge >= 0.3 is 35.8 Å². The lowest BCUT2D eigenvalue weighted by atomic mass is 9.96. The summed E-state index contributed by atoms with van der Waals surface area (Å²) in [6, 6.07) is 0. The second kappa shape index (κ2) is 30.0. The summed E-state index contributed by atoms with van der Waals surface area (Å²) in [7, 11) is 0. The van der Waals surface area contributed by atoms with Gasteiger partial charge in [0, 0.05) is 6.92 Å². The van der Waals surface area contributed by atoms with E-state index in [2.05, 4.69) is 11.7 Å². The van der Waals surface area contributed by atoms with Gasteiger partial charge in [0.2, 0.25) is 0 Å². The molecule has 0 bridgehead atoms. The van der Waals surface area contributed by atoms with Gasteiger partial charge in [-0.25, -0.2) is 9.59 Å². The molecular weight excluding hydrogens is 636 g/mol. The third-order valence-corrected chi connectivity index (χ3v) is 7.11. The van der Waals surface area contributed by atoms with Gasteiger partial charge in [0.25, 0.3) is 0 Å². The number of hydrogen-bond acceptors (Lipinski definition) is 12. The van der Waals surface area contributed by atoms with Gasteiger partial charge in [-0.2, -0.15) is 0 Å². The number of unbranched alkanes of at least 4 members (excludes halogenated alkanes) is 15. The molecule has 0 saturated carbocycles. The Kier molecular flexibility index (Phi) is 29.3. The molecule has 48 heavy (non-hydrogen) atoms. The maximum Gasteiger partial charge on any atom is 0.343 e. The molecule has 0 aromatic carbocycles. The maximum absolute atomic E-state index is 11.7. The third-order valence-electron chi connectivity index (χ3n) is 7.11. The number of aliphatic hydroxyl groups is 3. The van der Waals surface area contributed by atoms with Crippen molar-refractivity contribution >= 4 is 35.8 Å². The molecule has 0 spiro atoms. The Bertz CT molecular complexity index is 923. The van der Waals surface area contributed by atoms with Crippen LogP contribution in [-0.2, 0) is 43.0 Å². The van der Waals surface area contributed by atoms with Gasteiger partial charge in [-0.05, 0) is 6.42 Å². The van der Waals surface area contributed by atoms with Crippen LogP contribution in [0.15, 0.2) is 0 Å². The van der Waals surface area contributed by atoms with Crippen LogP contribution in [0.3, 0.4) is 0 Å². The summed E-state index contributed by atoms with van der Waals surface area (Å²) in [4.78, 5) is 65.5. The molecule has 0 amide bonds. The molecule has 0 aliphatic heterocycles. The molecule has 0 aliphatic rings. The number of rotatable bonds is 29. The summed E-state index contributed by atoms with van der Waals surface area (Å²) < 4.78 is 13.9. The highest BCUT2D eigenvalue weighted by Gasteiger charge is 2.41. The van der Waals surface area contributed by atoms with Crippen molar-refractivity contribution in [3.8, 4) is 0 Å². The van der Waals surface area contributed by atoms with Crippen LogP contribution in [-0.4, -0.2) is 104 Å². The normalized spacial score (nSPS) is 13.3. The first-order chi connectivity index (χ1) is 22.7. The van der Waals surface area contributed by atoms with Gasteiger partial charge in [0.05, 0.1) is 39.1 Å². The van der Waals surface area contributed by atoms with Crippen molar-refractivity contribution in [1.29, 1.82) is 0 Å². The smallest absolute Gasteiger partial charge is 0.343 e. The van der Waals surface area contributed by atoms with E-state index in [-0.39, 0.29) is 6.61 Å². The highest BCUT2D eigenvalue weighted by Crippen LogP contribution is 2.18. The molecular formula is C33H58O15. The summed E-state index contributed by atoms with van der Waals surface area (Å²) >= 11 is 0. The monoisotopic (exact) mass is 694 g/mol. The lowest BCUT2D eigenvalue weighted by molar-refractivity contribution is -0.172. The summed E-state index contributed by atoms with van der Waals surface area (Å²) in [5.41, 5.74) is -2.63. The predicted octanol–water partition coefficient (Wildman–Crippen LogP) is 3.76. The predicted molar refractivity (Wildman–Crippen MR) is 172 cm³/mol. The van der Waals surface area contributed by atoms with E-state index in [1.54, 1.807) is 0 Å². The fourth-order valence-electron chi connectivity index (χ4n) is 4.45. The third kappa shape index (κ3) is 29.0. The van der Waals surface area contributed by atoms with Crippen LogP contribution < -0.4 is 0 Å². The highest BCUT2D eigenvalue weighted by molar-refractivity contribution is 5.89. The molecule has 280 valence electrons. The Morgan fingerprint density at radius 1 is 0.688 bits per heavy atom. The van der Waals surface area contributed by atoms with E-state index in [0.717, 1.165) is 26.2 Å². The Labute approximate surface area is 282 Å². The second-order valence-electron chi connectivity index (χ2n) is 11.8. The summed E-state index contributed by atoms with van der Waals surface area (Å²) in [6.45, 7) is 2.35. The summed E-state index contributed by atoms with van der Waals surface area (Å²) in [6.07, 6.45) is 14.5. The first kappa shape index (κ1) is 47.0. The molecule has 0 rings (SSSR count). The Hall–Kier alpha value is -3.14. The molecule has 0 aliphatic carbocycles. The lowest BCUT2D eigenvalue weighted by Gasteiger charge is -2.20. The maximum atomic E-state index is 11.7. The van der Waals surface area contributed by atoms with Crippen LogP contribution in [0.4, 0.5) is 0 Å². The molecule has 0 radical (unpaired) electrons. The van der Waals surface area contributed by atoms with Crippen LogP contribution in [0.2, 0.25) is 0 Å². The number of aliphatic hydroxyl groups excluding tert-OH is 2. The van der Waals surface area contributed by atoms with E-state index < -0.39 is 86.1 Å². The van der Waals surface area contributed by atoms with Gasteiger partial charge < -0.3 is 44.8 Å². The number of carbonyl (C=O) groups excluding carboxylic acids is 3. The van der Waals surface area contributed by atoms with Gasteiger partial charge in [-0.1, -0.05) is 103 Å². The summed E-state index contributed by atoms with van der Waals surface area (Å²) in [5, 5.41) is 53.4. The number of carboxylic acids is 3. The minimum Gasteiger partial charge on any atom is -0.481 e. The van der Waals surface area contributed by atoms with E-state index in [1.165, 1.54) is 77.0 Å². The first-order valence-corrected chi connectivity index (χ1v) is 16.9. The van der Waals surface area contributed by atoms with Crippen molar-refractivity contribution in [2.24, 2.45) is 0 Å². The molecule has 3 unspecified atom stereocenters. The van der Waals surface area contributed by atoms with E-state index in [0.29, 0.717) is 6.42 Å². The molecule has 3 atom stereocenters. The van der Waals surface area contributed by atoms with Gasteiger partial charge in [0.15, 0.2) is 11.7 Å². The van der Waals surface area contributed by atoms with Crippen molar-refractivity contribution in [2.75, 3.05) is 19.8 Å². The topological polar surface area (TPSA) is 251 Å². The Balaban J connectivity index is 0. The van der Waals surface area contributed by atoms with Crippen molar-refractivity contribution < 1.29 is 73.6 Å². The van der Waals surface area contributed by atoms with Crippen LogP contribution in [0.1, 0.15) is 136 Å². The number of carboxylic acid groups (broad SMARTS) is 3. The Morgan fingerprint density at radius 3 is 1.52 bits per heavy atom. The molecule has 0 aromatic rings. The van der Waals surface area contributed by atoms with E-state index >= 15 is 0 Å². The molecule has 0 heterocycles. The average molecular weight is 695 g/mol. The molecule has 0 aromatic heterocycles. The van der Waals surface area contributed by atoms with Gasteiger partial charge in [0.1, 0.15) is 6.10 Å². The van der Waals surface area contributed by atoms with Crippen molar-refractivity contribution in [3.05, 3.63) is 0 Å². The average Bonchev–Trinajstić information content (AvgIpc) is 2.99. The fraction of sp³-hybridized carbons (Fsp3) is 0.818. The lowest BCUT2D eigenvalue weighted by Crippen LogP contribution is -2.43. The minimum atomic E-state index is -2.63. The van der Waals surface area contributed by atoms with Crippen molar-refractivity contribution in [3.63, 3.8) is 0 Å². The summed E-state index contributed by atoms with van der Waals surface area (Å²) in [5.74, 6) is -7.49. The number of carbonyl (C=O) groups is 6. The van der Waals surface area contributed by atoms with Crippen molar-refractivity contribution in [2.45, 2.75) is 154 Å². The molecule has 6 N–H and O–H groups in total. The molecule has 0 saturated heterocycles. The molecule has 0 fully saturated rings. The Morgan fingerprint density at radius 2 is 1.15 bits per heavy atom. The van der Waals surface area contributed by atoms with Gasteiger partial charge in [-0.3, -0.25) is 19.2 Å². The zero-order valence-electron chi connectivity index (χ0n) is 28.6. The second-order valence-corrected chi connectivity index (χ2v) is 11.8. The van der Waals surface area contributed by atoms with Crippen LogP contribution in [0.25, 0.3) is 0 Å². The van der Waals surface area contributed by atoms with Crippen LogP contribution in [0, 0.1) is 0 Å². The number of ether oxygens (including phenoxy) is 3. The van der Waals surface area contributed by atoms with Gasteiger partial charge in [-0.15, -0.1) is 0 Å². The zero-order valence-corrected chi connectivity index (χ0v) is 28.6. The standard InChI is InChI=1S/C24H44O7.C9H14O8/c1-2-3-4-5-6-7-8-9-10-11-12-13-14-15-16-17-18-31-22(27)20-24(30,23(28)29)19-21(25)26;1-5(11)17-9(15)7(2-8(13)14)16-4-6(12)3-10/h30H,2-20H2,1H3,(H,25,26)(H,28,29);6-7,10,12H,2-4H2,1H3,(H,13,14). The minimum absolute atomic E-state index is 0.153. The largest absolute Gasteiger partial charge is 0.481 e. The zero-order chi connectivity index (χ0) is 36.8. The SMILES string of the molecule is CC(=O)OC(=O)C(CC(=O)O)OCC(O)CO.CCCCCCCCCCCCCCCCCCOC(=O)CC(O)(CC(=O)O)C(=O)O. The number of aliphatic carboxylic acids is 3. The van der Waals surface area contributed by atoms with Crippen LogP contribution in [0.5, 0.6) is 0 Å². The number of esters is 3. The van der Waals surface area contributed by atoms with E-state index in [1.807, 2.05) is 0 Å². The molecule has 15 nitrogen and oxygen atoms in total. The van der Waals surface area contributed by atoms with Crippen LogP contribution >= 0.6 is 0 Å². The molecule has 15 heteroatoms. The quantitative estimate of drug-likeness (QED) is 0.0370.